The molecule has 1 saturated heterocycles. The summed E-state index contributed by atoms with van der Waals surface area (Å²) in [6.07, 6.45) is 0. The maximum absolute atomic E-state index is 5.65. The van der Waals surface area contributed by atoms with Gasteiger partial charge in [0.25, 0.3) is 0 Å². The molecule has 0 aliphatic carbocycles. The average molecular weight is 154 g/mol. The van der Waals surface area contributed by atoms with Gasteiger partial charge in [-0.2, -0.15) is 0 Å². The number of hydrogen-bond donors (Lipinski definition) is 2. The van der Waals surface area contributed by atoms with E-state index >= 15 is 0 Å². The molecular weight excluding hydrogens is 140 g/mol. The van der Waals surface area contributed by atoms with Gasteiger partial charge < -0.3 is 5.32 Å². The molecule has 1 heterocycles. The van der Waals surface area contributed by atoms with E-state index in [1.54, 1.807) is 5.01 Å². The van der Waals surface area contributed by atoms with Gasteiger partial charge in [-0.05, 0) is 6.92 Å². The van der Waals surface area contributed by atoms with Crippen molar-refractivity contribution in [3.63, 3.8) is 0 Å². The Hall–Kier alpha value is -0.870. The van der Waals surface area contributed by atoms with E-state index in [-0.39, 0.29) is 0 Å². The summed E-state index contributed by atoms with van der Waals surface area (Å²) in [6.45, 7) is 8.02. The number of aliphatic imine (C=N–C) groups is 1. The number of allylic oxidation sites excluding steroid dienone is 1. The van der Waals surface area contributed by atoms with Gasteiger partial charge in [0, 0.05) is 18.8 Å². The topological polar surface area (TPSA) is 53.7 Å². The summed E-state index contributed by atoms with van der Waals surface area (Å²) in [4.78, 5) is 4.18. The quantitative estimate of drug-likeness (QED) is 0.510. The Morgan fingerprint density at radius 3 is 3.09 bits per heavy atom. The molecule has 0 aromatic carbocycles. The number of hydrazine groups is 1. The summed E-state index contributed by atoms with van der Waals surface area (Å²) < 4.78 is 0. The molecule has 0 unspecified atom stereocenters. The molecule has 3 N–H and O–H groups in total. The Kier molecular flexibility index (Phi) is 2.62. The van der Waals surface area contributed by atoms with Gasteiger partial charge >= 0.3 is 0 Å². The summed E-state index contributed by atoms with van der Waals surface area (Å²) >= 11 is 0. The van der Waals surface area contributed by atoms with Crippen LogP contribution in [0.25, 0.3) is 0 Å². The third-order valence-electron chi connectivity index (χ3n) is 1.46. The van der Waals surface area contributed by atoms with Crippen molar-refractivity contribution in [1.29, 1.82) is 0 Å². The van der Waals surface area contributed by atoms with E-state index in [9.17, 15) is 0 Å². The van der Waals surface area contributed by atoms with Crippen LogP contribution in [0.2, 0.25) is 0 Å². The molecule has 0 atom stereocenters. The van der Waals surface area contributed by atoms with Gasteiger partial charge in [0.05, 0.1) is 6.54 Å². The minimum absolute atomic E-state index is 0.739. The fourth-order valence-electron chi connectivity index (χ4n) is 0.954. The normalized spacial score (nSPS) is 22.4. The second-order valence-electron chi connectivity index (χ2n) is 2.63. The van der Waals surface area contributed by atoms with Crippen LogP contribution in [-0.2, 0) is 0 Å². The van der Waals surface area contributed by atoms with Crippen molar-refractivity contribution < 1.29 is 0 Å². The lowest BCUT2D eigenvalue weighted by molar-refractivity contribution is 0.395. The predicted molar refractivity (Wildman–Crippen MR) is 46.0 cm³/mol. The van der Waals surface area contributed by atoms with Crippen molar-refractivity contribution in [2.75, 3.05) is 19.6 Å². The minimum atomic E-state index is 0.739. The first kappa shape index (κ1) is 8.23. The Bertz CT molecular complexity index is 185. The predicted octanol–water partition coefficient (Wildman–Crippen LogP) is -0.303. The first-order valence-electron chi connectivity index (χ1n) is 3.66. The molecule has 1 aliphatic heterocycles. The number of piperazine rings is 1. The van der Waals surface area contributed by atoms with Crippen LogP contribution in [0.4, 0.5) is 0 Å². The number of hydrogen-bond acceptors (Lipinski definition) is 3. The molecule has 0 saturated carbocycles. The summed E-state index contributed by atoms with van der Waals surface area (Å²) in [7, 11) is 0. The van der Waals surface area contributed by atoms with Crippen LogP contribution in [0.15, 0.2) is 17.3 Å². The van der Waals surface area contributed by atoms with Crippen LogP contribution >= 0.6 is 0 Å². The molecule has 1 rings (SSSR count). The van der Waals surface area contributed by atoms with E-state index in [1.807, 2.05) is 6.92 Å². The molecule has 62 valence electrons. The van der Waals surface area contributed by atoms with Gasteiger partial charge in [0.15, 0.2) is 0 Å². The lowest BCUT2D eigenvalue weighted by Gasteiger charge is -2.26. The standard InChI is InChI=1S/C7H14N4/c1-6(2)10-7-5-9-3-4-11(7)8/h9H,1,3-5,8H2,2H3. The van der Waals surface area contributed by atoms with E-state index in [4.69, 9.17) is 5.84 Å². The highest BCUT2D eigenvalue weighted by Crippen LogP contribution is 1.95. The largest absolute Gasteiger partial charge is 0.308 e. The fraction of sp³-hybridized carbons (Fsp3) is 0.571. The van der Waals surface area contributed by atoms with Crippen LogP contribution in [-0.4, -0.2) is 30.5 Å². The minimum Gasteiger partial charge on any atom is -0.308 e. The van der Waals surface area contributed by atoms with Crippen LogP contribution in [0, 0.1) is 0 Å². The second-order valence-corrected chi connectivity index (χ2v) is 2.63. The summed E-state index contributed by atoms with van der Waals surface area (Å²) in [6, 6.07) is 0. The monoisotopic (exact) mass is 154 g/mol. The van der Waals surface area contributed by atoms with Crippen LogP contribution < -0.4 is 11.2 Å². The third-order valence-corrected chi connectivity index (χ3v) is 1.46. The molecule has 4 heteroatoms. The van der Waals surface area contributed by atoms with Crippen LogP contribution in [0.3, 0.4) is 0 Å². The second kappa shape index (κ2) is 3.50. The summed E-state index contributed by atoms with van der Waals surface area (Å²) in [5.41, 5.74) is 0.791. The summed E-state index contributed by atoms with van der Waals surface area (Å²) in [5.74, 6) is 6.51. The SMILES string of the molecule is C=C(C)N=C1CNCCN1N. The maximum atomic E-state index is 5.65. The zero-order valence-electron chi connectivity index (χ0n) is 6.80. The zero-order chi connectivity index (χ0) is 8.27. The Labute approximate surface area is 66.7 Å². The highest BCUT2D eigenvalue weighted by Gasteiger charge is 2.11. The Morgan fingerprint density at radius 1 is 1.82 bits per heavy atom. The molecule has 0 aromatic rings. The fourth-order valence-corrected chi connectivity index (χ4v) is 0.954. The molecule has 11 heavy (non-hydrogen) atoms. The maximum Gasteiger partial charge on any atom is 0.132 e. The van der Waals surface area contributed by atoms with Gasteiger partial charge in [-0.25, -0.2) is 10.8 Å². The lowest BCUT2D eigenvalue weighted by Crippen LogP contribution is -2.51. The molecular formula is C7H14N4. The average Bonchev–Trinajstić information content (AvgIpc) is 1.93. The molecule has 0 amide bonds. The van der Waals surface area contributed by atoms with E-state index in [0.29, 0.717) is 0 Å². The van der Waals surface area contributed by atoms with Gasteiger partial charge in [-0.3, -0.25) is 5.01 Å². The summed E-state index contributed by atoms with van der Waals surface area (Å²) in [5, 5.41) is 4.83. The number of nitrogens with one attached hydrogen (secondary N) is 1. The van der Waals surface area contributed by atoms with Crippen LogP contribution in [0.5, 0.6) is 0 Å². The highest BCUT2D eigenvalue weighted by molar-refractivity contribution is 5.85. The molecule has 0 aromatic heterocycles. The van der Waals surface area contributed by atoms with Gasteiger partial charge in [0.1, 0.15) is 5.84 Å². The molecule has 1 aliphatic rings. The van der Waals surface area contributed by atoms with Crippen molar-refractivity contribution in [3.05, 3.63) is 12.3 Å². The van der Waals surface area contributed by atoms with Crippen molar-refractivity contribution >= 4 is 5.84 Å². The lowest BCUT2D eigenvalue weighted by atomic mass is 10.4. The first-order valence-corrected chi connectivity index (χ1v) is 3.66. The molecule has 0 radical (unpaired) electrons. The van der Waals surface area contributed by atoms with Crippen LogP contribution in [0.1, 0.15) is 6.92 Å². The van der Waals surface area contributed by atoms with Gasteiger partial charge in [-0.1, -0.05) is 6.58 Å². The smallest absolute Gasteiger partial charge is 0.132 e. The number of rotatable bonds is 1. The number of nitrogens with zero attached hydrogens (tertiary/aromatic N) is 2. The molecule has 0 spiro atoms. The van der Waals surface area contributed by atoms with Crippen molar-refractivity contribution in [3.8, 4) is 0 Å². The first-order chi connectivity index (χ1) is 5.20. The molecule has 0 bridgehead atoms. The van der Waals surface area contributed by atoms with Crippen molar-refractivity contribution in [1.82, 2.24) is 10.3 Å². The molecule has 1 fully saturated rings. The van der Waals surface area contributed by atoms with E-state index < -0.39 is 0 Å². The van der Waals surface area contributed by atoms with Gasteiger partial charge in [-0.15, -0.1) is 0 Å². The van der Waals surface area contributed by atoms with Crippen molar-refractivity contribution in [2.45, 2.75) is 6.92 Å². The highest BCUT2D eigenvalue weighted by atomic mass is 15.4. The van der Waals surface area contributed by atoms with Gasteiger partial charge in [0.2, 0.25) is 0 Å². The zero-order valence-corrected chi connectivity index (χ0v) is 6.80. The number of nitrogens with two attached hydrogens (primary N) is 1. The van der Waals surface area contributed by atoms with E-state index in [2.05, 4.69) is 16.9 Å². The van der Waals surface area contributed by atoms with Crippen molar-refractivity contribution in [2.24, 2.45) is 10.8 Å². The Morgan fingerprint density at radius 2 is 2.55 bits per heavy atom. The van der Waals surface area contributed by atoms with E-state index in [0.717, 1.165) is 31.2 Å². The Balaban J connectivity index is 2.60. The molecule has 4 nitrogen and oxygen atoms in total. The van der Waals surface area contributed by atoms with E-state index in [1.165, 1.54) is 0 Å². The third kappa shape index (κ3) is 2.32. The number of amidine groups is 1.